The van der Waals surface area contributed by atoms with Crippen LogP contribution in [-0.2, 0) is 11.8 Å². The third-order valence-corrected chi connectivity index (χ3v) is 7.32. The highest BCUT2D eigenvalue weighted by atomic mass is 16.6. The minimum atomic E-state index is -0.490. The third kappa shape index (κ3) is 6.60. The van der Waals surface area contributed by atoms with Crippen molar-refractivity contribution in [1.82, 2.24) is 9.47 Å². The maximum Gasteiger partial charge on any atom is 0.410 e. The summed E-state index contributed by atoms with van der Waals surface area (Å²) < 4.78 is 6.97. The van der Waals surface area contributed by atoms with E-state index in [0.29, 0.717) is 31.0 Å². The van der Waals surface area contributed by atoms with Crippen LogP contribution in [0.15, 0.2) is 71.7 Å². The molecule has 0 radical (unpaired) electrons. The summed E-state index contributed by atoms with van der Waals surface area (Å²) in [7, 11) is 1.66. The van der Waals surface area contributed by atoms with Gasteiger partial charge >= 0.3 is 6.09 Å². The van der Waals surface area contributed by atoms with Crippen molar-refractivity contribution in [1.29, 1.82) is 0 Å². The Morgan fingerprint density at radius 1 is 0.974 bits per heavy atom. The molecule has 0 bridgehead atoms. The van der Waals surface area contributed by atoms with Gasteiger partial charge in [-0.05, 0) is 74.8 Å². The van der Waals surface area contributed by atoms with Gasteiger partial charge in [0, 0.05) is 50.3 Å². The third-order valence-electron chi connectivity index (χ3n) is 7.32. The molecule has 4 rings (SSSR count). The van der Waals surface area contributed by atoms with Gasteiger partial charge in [-0.25, -0.2) is 4.79 Å². The summed E-state index contributed by atoms with van der Waals surface area (Å²) in [4.78, 5) is 39.3. The molecule has 38 heavy (non-hydrogen) atoms. The first-order valence-electron chi connectivity index (χ1n) is 13.3. The van der Waals surface area contributed by atoms with Gasteiger partial charge in [0.05, 0.1) is 0 Å². The van der Waals surface area contributed by atoms with E-state index in [1.807, 2.05) is 32.9 Å². The molecule has 0 aliphatic carbocycles. The summed E-state index contributed by atoms with van der Waals surface area (Å²) in [6.07, 6.45) is 3.48. The van der Waals surface area contributed by atoms with Crippen molar-refractivity contribution < 1.29 is 14.3 Å². The highest BCUT2D eigenvalue weighted by Crippen LogP contribution is 2.34. The van der Waals surface area contributed by atoms with Crippen molar-refractivity contribution in [2.45, 2.75) is 64.4 Å². The first-order valence-corrected chi connectivity index (χ1v) is 13.3. The van der Waals surface area contributed by atoms with Gasteiger partial charge in [0.2, 0.25) is 5.56 Å². The number of aryl methyl sites for hydroxylation is 2. The molecule has 200 valence electrons. The number of amides is 1. The van der Waals surface area contributed by atoms with E-state index in [2.05, 4.69) is 43.3 Å². The molecule has 1 fully saturated rings. The van der Waals surface area contributed by atoms with Crippen LogP contribution in [0, 0.1) is 6.92 Å². The van der Waals surface area contributed by atoms with Gasteiger partial charge in [0.1, 0.15) is 5.60 Å². The van der Waals surface area contributed by atoms with Gasteiger partial charge in [-0.15, -0.1) is 0 Å². The van der Waals surface area contributed by atoms with Crippen LogP contribution in [0.1, 0.15) is 84.5 Å². The van der Waals surface area contributed by atoms with E-state index in [4.69, 9.17) is 4.74 Å². The minimum absolute atomic E-state index is 0.00689. The van der Waals surface area contributed by atoms with Crippen LogP contribution in [0.5, 0.6) is 0 Å². The fraction of sp³-hybridized carbons (Fsp3) is 0.406. The minimum Gasteiger partial charge on any atom is -0.444 e. The largest absolute Gasteiger partial charge is 0.444 e. The average molecular weight is 515 g/mol. The monoisotopic (exact) mass is 514 g/mol. The van der Waals surface area contributed by atoms with E-state index < -0.39 is 5.60 Å². The number of benzene rings is 2. The average Bonchev–Trinajstić information content (AvgIpc) is 2.88. The van der Waals surface area contributed by atoms with E-state index in [9.17, 15) is 14.4 Å². The maximum absolute atomic E-state index is 13.3. The van der Waals surface area contributed by atoms with Gasteiger partial charge in [0.25, 0.3) is 0 Å². The van der Waals surface area contributed by atoms with Gasteiger partial charge < -0.3 is 14.2 Å². The topological polar surface area (TPSA) is 68.6 Å². The normalized spacial score (nSPS) is 15.2. The first kappa shape index (κ1) is 27.4. The second-order valence-corrected chi connectivity index (χ2v) is 11.3. The second-order valence-electron chi connectivity index (χ2n) is 11.3. The molecule has 2 aromatic carbocycles. The molecular formula is C32H38N2O4. The van der Waals surface area contributed by atoms with Gasteiger partial charge in [-0.3, -0.25) is 9.59 Å². The number of ether oxygens (including phenoxy) is 1. The van der Waals surface area contributed by atoms with Crippen molar-refractivity contribution >= 4 is 11.9 Å². The molecule has 3 aromatic rings. The Labute approximate surface area is 225 Å². The summed E-state index contributed by atoms with van der Waals surface area (Å²) in [6.45, 7) is 9.10. The number of rotatable bonds is 6. The SMILES string of the molecule is Cc1ccccc1[C@H](CC(=O)c1ccc(=O)n(C)c1)c1ccc(C2CCN(C(=O)OC(C)(C)C)CC2)cc1. The van der Waals surface area contributed by atoms with Crippen LogP contribution in [0.2, 0.25) is 0 Å². The molecule has 1 aliphatic rings. The number of hydrogen-bond donors (Lipinski definition) is 0. The van der Waals surface area contributed by atoms with Crippen LogP contribution >= 0.6 is 0 Å². The number of aromatic nitrogens is 1. The molecule has 1 atom stereocenters. The Balaban J connectivity index is 1.51. The summed E-state index contributed by atoms with van der Waals surface area (Å²) in [5, 5.41) is 0. The molecule has 0 N–H and O–H groups in total. The van der Waals surface area contributed by atoms with E-state index in [1.54, 1.807) is 24.2 Å². The molecule has 1 saturated heterocycles. The molecule has 6 nitrogen and oxygen atoms in total. The summed E-state index contributed by atoms with van der Waals surface area (Å²) in [6, 6.07) is 19.9. The number of ketones is 1. The van der Waals surface area contributed by atoms with E-state index in [-0.39, 0.29) is 23.4 Å². The molecule has 0 unspecified atom stereocenters. The van der Waals surface area contributed by atoms with Gasteiger partial charge in [0.15, 0.2) is 5.78 Å². The zero-order valence-electron chi connectivity index (χ0n) is 23.1. The molecule has 1 aromatic heterocycles. The summed E-state index contributed by atoms with van der Waals surface area (Å²) >= 11 is 0. The predicted octanol–water partition coefficient (Wildman–Crippen LogP) is 6.21. The number of nitrogens with zero attached hydrogens (tertiary/aromatic N) is 2. The molecule has 2 heterocycles. The summed E-state index contributed by atoms with van der Waals surface area (Å²) in [5.41, 5.74) is 4.53. The van der Waals surface area contributed by atoms with Crippen LogP contribution in [-0.4, -0.2) is 40.0 Å². The number of pyridine rings is 1. The highest BCUT2D eigenvalue weighted by molar-refractivity contribution is 5.96. The van der Waals surface area contributed by atoms with Crippen LogP contribution in [0.25, 0.3) is 0 Å². The van der Waals surface area contributed by atoms with Crippen molar-refractivity contribution in [3.05, 3.63) is 105 Å². The van der Waals surface area contributed by atoms with E-state index >= 15 is 0 Å². The van der Waals surface area contributed by atoms with Crippen molar-refractivity contribution in [2.24, 2.45) is 7.05 Å². The standard InChI is InChI=1S/C32H38N2O4/c1-22-8-6-7-9-27(22)28(20-29(35)26-14-15-30(36)33(5)21-26)25-12-10-23(11-13-25)24-16-18-34(19-17-24)31(37)38-32(2,3)4/h6-15,21,24,28H,16-20H2,1-5H3/t28-/m1/s1. The quantitative estimate of drug-likeness (QED) is 0.367. The maximum atomic E-state index is 13.3. The van der Waals surface area contributed by atoms with Crippen molar-refractivity contribution in [3.8, 4) is 0 Å². The van der Waals surface area contributed by atoms with Crippen molar-refractivity contribution in [2.75, 3.05) is 13.1 Å². The number of Topliss-reactive ketones (excluding diaryl/α,β-unsaturated/α-hetero) is 1. The van der Waals surface area contributed by atoms with Gasteiger partial charge in [-0.1, -0.05) is 48.5 Å². The van der Waals surface area contributed by atoms with Crippen molar-refractivity contribution in [3.63, 3.8) is 0 Å². The lowest BCUT2D eigenvalue weighted by Gasteiger charge is -2.33. The fourth-order valence-corrected chi connectivity index (χ4v) is 5.17. The zero-order chi connectivity index (χ0) is 27.4. The molecule has 0 saturated carbocycles. The number of piperidine rings is 1. The molecule has 1 amide bonds. The summed E-state index contributed by atoms with van der Waals surface area (Å²) in [5.74, 6) is 0.295. The predicted molar refractivity (Wildman–Crippen MR) is 150 cm³/mol. The Morgan fingerprint density at radius 3 is 2.24 bits per heavy atom. The lowest BCUT2D eigenvalue weighted by atomic mass is 9.82. The van der Waals surface area contributed by atoms with E-state index in [0.717, 1.165) is 29.5 Å². The fourth-order valence-electron chi connectivity index (χ4n) is 5.17. The molecular weight excluding hydrogens is 476 g/mol. The Morgan fingerprint density at radius 2 is 1.63 bits per heavy atom. The van der Waals surface area contributed by atoms with Crippen LogP contribution in [0.4, 0.5) is 4.79 Å². The highest BCUT2D eigenvalue weighted by Gasteiger charge is 2.28. The second kappa shape index (κ2) is 11.4. The smallest absolute Gasteiger partial charge is 0.410 e. The van der Waals surface area contributed by atoms with Gasteiger partial charge in [-0.2, -0.15) is 0 Å². The number of hydrogen-bond acceptors (Lipinski definition) is 4. The number of carbonyl (C=O) groups excluding carboxylic acids is 2. The Kier molecular flexibility index (Phi) is 8.20. The van der Waals surface area contributed by atoms with E-state index in [1.165, 1.54) is 16.2 Å². The lowest BCUT2D eigenvalue weighted by molar-refractivity contribution is 0.0204. The van der Waals surface area contributed by atoms with Crippen LogP contribution < -0.4 is 5.56 Å². The number of likely N-dealkylation sites (tertiary alicyclic amines) is 1. The Hall–Kier alpha value is -3.67. The molecule has 1 aliphatic heterocycles. The first-order chi connectivity index (χ1) is 18.0. The van der Waals surface area contributed by atoms with Crippen LogP contribution in [0.3, 0.4) is 0 Å². The Bertz CT molecular complexity index is 1340. The number of carbonyl (C=O) groups is 2. The molecule has 6 heteroatoms. The zero-order valence-corrected chi connectivity index (χ0v) is 23.1. The molecule has 0 spiro atoms. The lowest BCUT2D eigenvalue weighted by Crippen LogP contribution is -2.41.